The van der Waals surface area contributed by atoms with Crippen LogP contribution < -0.4 is 5.32 Å². The maximum absolute atomic E-state index is 10.7. The van der Waals surface area contributed by atoms with E-state index in [-0.39, 0.29) is 19.7 Å². The Labute approximate surface area is 103 Å². The van der Waals surface area contributed by atoms with Gasteiger partial charge in [0.05, 0.1) is 19.4 Å². The highest BCUT2D eigenvalue weighted by molar-refractivity contribution is 6.46. The van der Waals surface area contributed by atoms with Crippen molar-refractivity contribution < 1.29 is 43.7 Å². The number of nitrogens with one attached hydrogen (secondary N) is 1. The molecule has 0 fully saturated rings. The Bertz CT molecular complexity index is 269. The third kappa shape index (κ3) is 29.3. The summed E-state index contributed by atoms with van der Waals surface area (Å²) < 4.78 is 4.52. The van der Waals surface area contributed by atoms with E-state index >= 15 is 0 Å². The normalized spacial score (nSPS) is 10.7. The van der Waals surface area contributed by atoms with Gasteiger partial charge in [0.2, 0.25) is 0 Å². The number of carboxylic acids is 1. The number of ether oxygens (including phenoxy) is 1. The van der Waals surface area contributed by atoms with Gasteiger partial charge in [-0.1, -0.05) is 0 Å². The van der Waals surface area contributed by atoms with Crippen molar-refractivity contribution in [1.29, 1.82) is 0 Å². The van der Waals surface area contributed by atoms with Gasteiger partial charge in [0.1, 0.15) is 6.61 Å². The fourth-order valence-corrected chi connectivity index (χ4v) is 0.507. The molecule has 11 heteroatoms. The first-order valence-electron chi connectivity index (χ1n) is 4.43. The van der Waals surface area contributed by atoms with Crippen molar-refractivity contribution in [2.24, 2.45) is 0 Å². The Hall–Kier alpha value is -1.50. The van der Waals surface area contributed by atoms with Gasteiger partial charge in [-0.15, -0.1) is 0 Å². The first-order valence-corrected chi connectivity index (χ1v) is 6.22. The van der Waals surface area contributed by atoms with Crippen molar-refractivity contribution in [3.63, 3.8) is 0 Å². The maximum atomic E-state index is 10.7. The molecule has 106 valence electrons. The van der Waals surface area contributed by atoms with Crippen molar-refractivity contribution in [3.8, 4) is 0 Å². The summed E-state index contributed by atoms with van der Waals surface area (Å²) in [5, 5.41) is 18.7. The Kier molecular flexibility index (Phi) is 11.1. The van der Waals surface area contributed by atoms with Gasteiger partial charge < -0.3 is 34.1 Å². The zero-order valence-electron chi connectivity index (χ0n) is 9.18. The quantitative estimate of drug-likeness (QED) is 0.148. The molecule has 0 spiro atoms. The molecule has 0 heterocycles. The Morgan fingerprint density at radius 2 is 1.67 bits per heavy atom. The number of aliphatic carboxylic acids is 1. The zero-order chi connectivity index (χ0) is 14.6. The van der Waals surface area contributed by atoms with E-state index in [4.69, 9.17) is 29.4 Å². The van der Waals surface area contributed by atoms with Gasteiger partial charge in [0.15, 0.2) is 0 Å². The first-order chi connectivity index (χ1) is 8.16. The lowest BCUT2D eigenvalue weighted by Crippen LogP contribution is -2.33. The van der Waals surface area contributed by atoms with Crippen molar-refractivity contribution in [3.05, 3.63) is 12.3 Å². The molecule has 0 bridgehead atoms. The van der Waals surface area contributed by atoms with Crippen LogP contribution in [0, 0.1) is 0 Å². The number of esters is 1. The predicted octanol–water partition coefficient (Wildman–Crippen LogP) is -3.33. The van der Waals surface area contributed by atoms with E-state index in [2.05, 4.69) is 10.1 Å². The van der Waals surface area contributed by atoms with Crippen molar-refractivity contribution in [1.82, 2.24) is 5.32 Å². The molecule has 0 rings (SSSR count). The molecule has 7 N–H and O–H groups in total. The first kappa shape index (κ1) is 18.9. The van der Waals surface area contributed by atoms with E-state index in [1.54, 1.807) is 0 Å². The minimum atomic E-state index is -4.61. The summed E-state index contributed by atoms with van der Waals surface area (Å²) in [4.78, 5) is 50.0. The molecule has 0 amide bonds. The van der Waals surface area contributed by atoms with Crippen LogP contribution in [0.15, 0.2) is 12.3 Å². The Morgan fingerprint density at radius 1 is 1.17 bits per heavy atom. The minimum absolute atomic E-state index is 0.0237. The third-order valence-corrected chi connectivity index (χ3v) is 0.992. The lowest BCUT2D eigenvalue weighted by atomic mass is 10.6. The number of carbonyl (C=O) groups is 2. The van der Waals surface area contributed by atoms with E-state index in [1.807, 2.05) is 0 Å². The standard InChI is InChI=1S/C7H11NO5.H4O4Si/c9-2-1-3-13-7(12)5-8-4-6(10)11;1-5(2,3)4/h1-2,8-9H,3-5H2,(H,10,11);1-4H. The molecular formula is C7H15NO9Si. The van der Waals surface area contributed by atoms with Crippen molar-refractivity contribution >= 4 is 21.0 Å². The number of aliphatic hydroxyl groups excluding tert-OH is 1. The van der Waals surface area contributed by atoms with Crippen LogP contribution in [0.2, 0.25) is 0 Å². The van der Waals surface area contributed by atoms with Gasteiger partial charge in [-0.2, -0.15) is 0 Å². The monoisotopic (exact) mass is 285 g/mol. The summed E-state index contributed by atoms with van der Waals surface area (Å²) >= 11 is 0. The molecule has 0 saturated heterocycles. The van der Waals surface area contributed by atoms with Crippen LogP contribution in [0.3, 0.4) is 0 Å². The van der Waals surface area contributed by atoms with E-state index in [0.29, 0.717) is 0 Å². The average Bonchev–Trinajstić information content (AvgIpc) is 2.14. The summed E-state index contributed by atoms with van der Waals surface area (Å²) in [6.07, 6.45) is 2.01. The second-order valence-corrected chi connectivity index (χ2v) is 3.87. The van der Waals surface area contributed by atoms with Gasteiger partial charge in [0, 0.05) is 0 Å². The average molecular weight is 285 g/mol. The van der Waals surface area contributed by atoms with Crippen LogP contribution in [0.25, 0.3) is 0 Å². The van der Waals surface area contributed by atoms with E-state index in [9.17, 15) is 9.59 Å². The molecule has 0 aromatic carbocycles. The number of hydrogen-bond acceptors (Lipinski definition) is 9. The molecule has 0 aliphatic carbocycles. The molecule has 0 aromatic rings. The number of hydrogen-bond donors (Lipinski definition) is 7. The smallest absolute Gasteiger partial charge is 0.516 e. The van der Waals surface area contributed by atoms with Crippen LogP contribution >= 0.6 is 0 Å². The van der Waals surface area contributed by atoms with E-state index in [1.165, 1.54) is 6.08 Å². The van der Waals surface area contributed by atoms with Gasteiger partial charge in [0.25, 0.3) is 0 Å². The zero-order valence-corrected chi connectivity index (χ0v) is 10.2. The molecule has 0 radical (unpaired) electrons. The third-order valence-electron chi connectivity index (χ3n) is 0.992. The Balaban J connectivity index is 0. The maximum Gasteiger partial charge on any atom is 0.668 e. The highest BCUT2D eigenvalue weighted by Gasteiger charge is 2.22. The number of aliphatic hydroxyl groups is 1. The molecule has 0 unspecified atom stereocenters. The second kappa shape index (κ2) is 10.6. The highest BCUT2D eigenvalue weighted by atomic mass is 28.4. The summed E-state index contributed by atoms with van der Waals surface area (Å²) in [5.41, 5.74) is 0. The fourth-order valence-electron chi connectivity index (χ4n) is 0.507. The lowest BCUT2D eigenvalue weighted by Gasteiger charge is -2.01. The fraction of sp³-hybridized carbons (Fsp3) is 0.429. The second-order valence-electron chi connectivity index (χ2n) is 2.67. The SMILES string of the molecule is O=C(O)CNCC(=O)OCC=CO.O[Si](O)(O)O. The summed E-state index contributed by atoms with van der Waals surface area (Å²) in [7, 11) is -4.61. The highest BCUT2D eigenvalue weighted by Crippen LogP contribution is 1.78. The molecular weight excluding hydrogens is 270 g/mol. The molecule has 0 aliphatic rings. The van der Waals surface area contributed by atoms with Crippen LogP contribution in [0.4, 0.5) is 0 Å². The van der Waals surface area contributed by atoms with Gasteiger partial charge in [-0.05, 0) is 6.08 Å². The summed E-state index contributed by atoms with van der Waals surface area (Å²) in [6.45, 7) is -0.472. The van der Waals surface area contributed by atoms with Crippen LogP contribution in [0.5, 0.6) is 0 Å². The lowest BCUT2D eigenvalue weighted by molar-refractivity contribution is -0.141. The number of carbonyl (C=O) groups excluding carboxylic acids is 1. The van der Waals surface area contributed by atoms with Gasteiger partial charge in [-0.3, -0.25) is 14.9 Å². The Morgan fingerprint density at radius 3 is 2.06 bits per heavy atom. The summed E-state index contributed by atoms with van der Waals surface area (Å²) in [5.74, 6) is -1.61. The van der Waals surface area contributed by atoms with Crippen LogP contribution in [-0.2, 0) is 14.3 Å². The van der Waals surface area contributed by atoms with Gasteiger partial charge in [-0.25, -0.2) is 0 Å². The van der Waals surface area contributed by atoms with E-state index < -0.39 is 21.0 Å². The van der Waals surface area contributed by atoms with Crippen LogP contribution in [-0.4, -0.2) is 70.1 Å². The van der Waals surface area contributed by atoms with Gasteiger partial charge >= 0.3 is 21.0 Å². The minimum Gasteiger partial charge on any atom is -0.516 e. The van der Waals surface area contributed by atoms with E-state index in [0.717, 1.165) is 6.26 Å². The molecule has 0 saturated carbocycles. The van der Waals surface area contributed by atoms with Crippen LogP contribution in [0.1, 0.15) is 0 Å². The molecule has 0 aliphatic heterocycles. The molecule has 0 aromatic heterocycles. The van der Waals surface area contributed by atoms with Crippen molar-refractivity contribution in [2.75, 3.05) is 19.7 Å². The molecule has 0 atom stereocenters. The summed E-state index contributed by atoms with van der Waals surface area (Å²) in [6, 6.07) is 0. The number of carboxylic acid groups (broad SMARTS) is 1. The predicted molar refractivity (Wildman–Crippen MR) is 57.9 cm³/mol. The largest absolute Gasteiger partial charge is 0.668 e. The molecule has 18 heavy (non-hydrogen) atoms. The number of rotatable bonds is 6. The van der Waals surface area contributed by atoms with Crippen molar-refractivity contribution in [2.45, 2.75) is 0 Å². The molecule has 10 nitrogen and oxygen atoms in total. The topological polar surface area (TPSA) is 177 Å².